The van der Waals surface area contributed by atoms with Crippen LogP contribution in [0, 0.1) is 5.92 Å². The predicted octanol–water partition coefficient (Wildman–Crippen LogP) is 4.52. The van der Waals surface area contributed by atoms with E-state index in [1.165, 1.54) is 12.8 Å². The molecule has 1 fully saturated rings. The van der Waals surface area contributed by atoms with Crippen molar-refractivity contribution < 1.29 is 4.43 Å². The third-order valence-corrected chi connectivity index (χ3v) is 11.2. The summed E-state index contributed by atoms with van der Waals surface area (Å²) < 4.78 is 6.61. The van der Waals surface area contributed by atoms with Gasteiger partial charge in [0.2, 0.25) is 0 Å². The van der Waals surface area contributed by atoms with Gasteiger partial charge in [-0.25, -0.2) is 0 Å². The van der Waals surface area contributed by atoms with Crippen LogP contribution in [0.4, 0.5) is 0 Å². The number of nitrogens with zero attached hydrogens (tertiary/aromatic N) is 1. The fraction of sp³-hybridized carbons (Fsp3) is 1.00. The van der Waals surface area contributed by atoms with Crippen LogP contribution < -0.4 is 0 Å². The zero-order valence-electron chi connectivity index (χ0n) is 14.4. The molecule has 0 saturated heterocycles. The highest BCUT2D eigenvalue weighted by Gasteiger charge is 2.45. The summed E-state index contributed by atoms with van der Waals surface area (Å²) >= 11 is 0. The van der Waals surface area contributed by atoms with Crippen LogP contribution in [0.1, 0.15) is 54.4 Å². The molecule has 0 aromatic rings. The molecule has 1 aliphatic carbocycles. The first kappa shape index (κ1) is 17.2. The molecule has 2 atom stereocenters. The molecule has 0 aromatic carbocycles. The Morgan fingerprint density at radius 3 is 1.79 bits per heavy atom. The first-order chi connectivity index (χ1) is 8.73. The Morgan fingerprint density at radius 2 is 1.47 bits per heavy atom. The highest BCUT2D eigenvalue weighted by atomic mass is 28.4. The lowest BCUT2D eigenvalue weighted by atomic mass is 10.3. The van der Waals surface area contributed by atoms with Crippen molar-refractivity contribution in [2.75, 3.05) is 20.7 Å². The summed E-state index contributed by atoms with van der Waals surface area (Å²) in [7, 11) is 2.76. The highest BCUT2D eigenvalue weighted by molar-refractivity contribution is 6.77. The second-order valence-corrected chi connectivity index (χ2v) is 12.9. The van der Waals surface area contributed by atoms with Crippen LogP contribution >= 0.6 is 0 Å². The lowest BCUT2D eigenvalue weighted by Gasteiger charge is -2.42. The Balaban J connectivity index is 2.51. The summed E-state index contributed by atoms with van der Waals surface area (Å²) in [6.07, 6.45) is 2.62. The first-order valence-electron chi connectivity index (χ1n) is 8.03. The van der Waals surface area contributed by atoms with Gasteiger partial charge in [-0.2, -0.15) is 0 Å². The standard InChI is InChI=1S/C16H35NOSi/c1-12(2)19(13(3)4,14(5)6)18-10-9-15-11-16(15)17(7)8/h12-16H,9-11H2,1-8H3. The molecule has 1 saturated carbocycles. The second-order valence-electron chi connectivity index (χ2n) is 7.48. The van der Waals surface area contributed by atoms with Crippen LogP contribution in [0.2, 0.25) is 16.6 Å². The first-order valence-corrected chi connectivity index (χ1v) is 10.2. The molecule has 2 unspecified atom stereocenters. The van der Waals surface area contributed by atoms with Crippen LogP contribution in [-0.4, -0.2) is 40.0 Å². The average molecular weight is 286 g/mol. The van der Waals surface area contributed by atoms with E-state index >= 15 is 0 Å². The number of rotatable bonds is 8. The normalized spacial score (nSPS) is 24.0. The topological polar surface area (TPSA) is 12.5 Å². The fourth-order valence-corrected chi connectivity index (χ4v) is 9.53. The van der Waals surface area contributed by atoms with Gasteiger partial charge >= 0.3 is 0 Å². The van der Waals surface area contributed by atoms with E-state index in [2.05, 4.69) is 60.5 Å². The molecule has 2 nitrogen and oxygen atoms in total. The molecular weight excluding hydrogens is 250 g/mol. The van der Waals surface area contributed by atoms with Gasteiger partial charge < -0.3 is 9.33 Å². The number of hydrogen-bond donors (Lipinski definition) is 0. The Labute approximate surface area is 122 Å². The van der Waals surface area contributed by atoms with Gasteiger partial charge in [-0.3, -0.25) is 0 Å². The molecule has 1 rings (SSSR count). The van der Waals surface area contributed by atoms with Crippen LogP contribution in [0.25, 0.3) is 0 Å². The quantitative estimate of drug-likeness (QED) is 0.608. The third kappa shape index (κ3) is 3.83. The van der Waals surface area contributed by atoms with Crippen molar-refractivity contribution >= 4 is 8.32 Å². The van der Waals surface area contributed by atoms with Gasteiger partial charge in [0.1, 0.15) is 0 Å². The molecule has 114 valence electrons. The Hall–Kier alpha value is 0.137. The molecule has 0 bridgehead atoms. The van der Waals surface area contributed by atoms with Gasteiger partial charge in [0.25, 0.3) is 0 Å². The average Bonchev–Trinajstić information content (AvgIpc) is 3.02. The van der Waals surface area contributed by atoms with Crippen molar-refractivity contribution in [2.24, 2.45) is 5.92 Å². The van der Waals surface area contributed by atoms with Crippen LogP contribution in [0.5, 0.6) is 0 Å². The molecule has 0 aliphatic heterocycles. The molecule has 0 heterocycles. The van der Waals surface area contributed by atoms with E-state index in [0.717, 1.165) is 18.6 Å². The fourth-order valence-electron chi connectivity index (χ4n) is 4.06. The van der Waals surface area contributed by atoms with Gasteiger partial charge in [0.05, 0.1) is 0 Å². The summed E-state index contributed by atoms with van der Waals surface area (Å²) in [5, 5.41) is 0. The van der Waals surface area contributed by atoms with Gasteiger partial charge in [0.15, 0.2) is 8.32 Å². The summed E-state index contributed by atoms with van der Waals surface area (Å²) in [6.45, 7) is 15.2. The lowest BCUT2D eigenvalue weighted by Crippen LogP contribution is -2.48. The minimum Gasteiger partial charge on any atom is -0.416 e. The smallest absolute Gasteiger partial charge is 0.200 e. The molecular formula is C16H35NOSi. The summed E-state index contributed by atoms with van der Waals surface area (Å²) in [5.74, 6) is 0.883. The van der Waals surface area contributed by atoms with Crippen molar-refractivity contribution in [3.05, 3.63) is 0 Å². The largest absolute Gasteiger partial charge is 0.416 e. The molecule has 0 radical (unpaired) electrons. The second kappa shape index (κ2) is 6.73. The zero-order valence-corrected chi connectivity index (χ0v) is 15.4. The van der Waals surface area contributed by atoms with Crippen molar-refractivity contribution in [3.8, 4) is 0 Å². The van der Waals surface area contributed by atoms with Crippen LogP contribution in [-0.2, 0) is 4.43 Å². The molecule has 0 spiro atoms. The maximum Gasteiger partial charge on any atom is 0.200 e. The van der Waals surface area contributed by atoms with E-state index in [4.69, 9.17) is 4.43 Å². The van der Waals surface area contributed by atoms with E-state index in [0.29, 0.717) is 16.6 Å². The summed E-state index contributed by atoms with van der Waals surface area (Å²) in [6, 6.07) is 0.816. The molecule has 0 aromatic heterocycles. The molecule has 19 heavy (non-hydrogen) atoms. The highest BCUT2D eigenvalue weighted by Crippen LogP contribution is 2.43. The van der Waals surface area contributed by atoms with E-state index in [1.54, 1.807) is 0 Å². The maximum atomic E-state index is 6.61. The van der Waals surface area contributed by atoms with Gasteiger partial charge in [-0.05, 0) is 49.5 Å². The van der Waals surface area contributed by atoms with Gasteiger partial charge in [0, 0.05) is 12.6 Å². The van der Waals surface area contributed by atoms with Crippen LogP contribution in [0.3, 0.4) is 0 Å². The van der Waals surface area contributed by atoms with E-state index in [1.807, 2.05) is 0 Å². The van der Waals surface area contributed by atoms with E-state index in [-0.39, 0.29) is 0 Å². The van der Waals surface area contributed by atoms with Crippen molar-refractivity contribution in [1.82, 2.24) is 4.90 Å². The summed E-state index contributed by atoms with van der Waals surface area (Å²) in [4.78, 5) is 2.36. The molecule has 3 heteroatoms. The third-order valence-electron chi connectivity index (χ3n) is 5.10. The van der Waals surface area contributed by atoms with Crippen molar-refractivity contribution in [2.45, 2.75) is 77.0 Å². The zero-order chi connectivity index (χ0) is 14.8. The Bertz CT molecular complexity index is 254. The summed E-state index contributed by atoms with van der Waals surface area (Å²) in [5.41, 5.74) is 2.11. The van der Waals surface area contributed by atoms with E-state index in [9.17, 15) is 0 Å². The van der Waals surface area contributed by atoms with Crippen molar-refractivity contribution in [1.29, 1.82) is 0 Å². The number of hydrogen-bond acceptors (Lipinski definition) is 2. The SMILES string of the molecule is CC(C)[Si](OCCC1CC1N(C)C)(C(C)C)C(C)C. The lowest BCUT2D eigenvalue weighted by molar-refractivity contribution is 0.257. The Kier molecular flexibility index (Phi) is 6.09. The minimum atomic E-state index is -1.63. The van der Waals surface area contributed by atoms with Crippen LogP contribution in [0.15, 0.2) is 0 Å². The monoisotopic (exact) mass is 285 g/mol. The van der Waals surface area contributed by atoms with Crippen molar-refractivity contribution in [3.63, 3.8) is 0 Å². The molecule has 1 aliphatic rings. The van der Waals surface area contributed by atoms with Gasteiger partial charge in [-0.1, -0.05) is 41.5 Å². The molecule has 0 amide bonds. The minimum absolute atomic E-state index is 0.705. The van der Waals surface area contributed by atoms with Gasteiger partial charge in [-0.15, -0.1) is 0 Å². The maximum absolute atomic E-state index is 6.61. The Morgan fingerprint density at radius 1 is 1.00 bits per heavy atom. The molecule has 0 N–H and O–H groups in total. The van der Waals surface area contributed by atoms with E-state index < -0.39 is 8.32 Å². The predicted molar refractivity (Wildman–Crippen MR) is 87.2 cm³/mol.